The van der Waals surface area contributed by atoms with Crippen LogP contribution in [0, 0.1) is 5.92 Å². The third kappa shape index (κ3) is 4.14. The number of nitrogens with one attached hydrogen (secondary N) is 2. The van der Waals surface area contributed by atoms with E-state index in [1.807, 2.05) is 29.9 Å². The minimum absolute atomic E-state index is 0.155. The molecule has 0 radical (unpaired) electrons. The third-order valence-electron chi connectivity index (χ3n) is 6.24. The van der Waals surface area contributed by atoms with E-state index in [2.05, 4.69) is 46.2 Å². The fourth-order valence-electron chi connectivity index (χ4n) is 4.77. The van der Waals surface area contributed by atoms with Crippen molar-refractivity contribution >= 4 is 18.4 Å². The largest absolute Gasteiger partial charge is 0.337 e. The summed E-state index contributed by atoms with van der Waals surface area (Å²) in [5.41, 5.74) is 8.54. The highest BCUT2D eigenvalue weighted by molar-refractivity contribution is 6.03. The lowest BCUT2D eigenvalue weighted by Crippen LogP contribution is -2.41. The molecule has 2 aromatic rings. The van der Waals surface area contributed by atoms with Gasteiger partial charge in [0, 0.05) is 36.7 Å². The zero-order valence-corrected chi connectivity index (χ0v) is 17.1. The Labute approximate surface area is 177 Å². The lowest BCUT2D eigenvalue weighted by Gasteiger charge is -2.24. The van der Waals surface area contributed by atoms with Crippen LogP contribution in [0.2, 0.25) is 0 Å². The van der Waals surface area contributed by atoms with E-state index in [1.54, 1.807) is 0 Å². The number of hydrogen-bond donors (Lipinski definition) is 2. The van der Waals surface area contributed by atoms with E-state index >= 15 is 0 Å². The molecule has 2 fully saturated rings. The Morgan fingerprint density at radius 1 is 1.13 bits per heavy atom. The predicted molar refractivity (Wildman–Crippen MR) is 118 cm³/mol. The van der Waals surface area contributed by atoms with Crippen LogP contribution in [-0.4, -0.2) is 49.0 Å². The van der Waals surface area contributed by atoms with E-state index in [0.717, 1.165) is 49.4 Å². The minimum atomic E-state index is 0.155. The van der Waals surface area contributed by atoms with Gasteiger partial charge in [-0.1, -0.05) is 36.4 Å². The van der Waals surface area contributed by atoms with Gasteiger partial charge in [-0.25, -0.2) is 0 Å². The molecule has 0 bridgehead atoms. The molecule has 30 heavy (non-hydrogen) atoms. The SMILES string of the molecule is C=O.O=C(c1cccc(CC2=NNCc3ccccc32)c1)N1CC2CCCNC2C1. The summed E-state index contributed by atoms with van der Waals surface area (Å²) in [4.78, 5) is 23.1. The number of piperidine rings is 1. The lowest BCUT2D eigenvalue weighted by atomic mass is 9.94. The average Bonchev–Trinajstić information content (AvgIpc) is 3.25. The Balaban J connectivity index is 0.00000106. The highest BCUT2D eigenvalue weighted by Gasteiger charge is 2.36. The molecule has 0 spiro atoms. The molecular formula is C24H28N4O2. The van der Waals surface area contributed by atoms with Crippen LogP contribution < -0.4 is 10.7 Å². The van der Waals surface area contributed by atoms with Gasteiger partial charge < -0.3 is 20.4 Å². The van der Waals surface area contributed by atoms with Gasteiger partial charge in [0.25, 0.3) is 5.91 Å². The molecule has 2 aromatic carbocycles. The van der Waals surface area contributed by atoms with Crippen molar-refractivity contribution in [3.63, 3.8) is 0 Å². The number of carbonyl (C=O) groups excluding carboxylic acids is 2. The fourth-order valence-corrected chi connectivity index (χ4v) is 4.77. The van der Waals surface area contributed by atoms with E-state index < -0.39 is 0 Å². The summed E-state index contributed by atoms with van der Waals surface area (Å²) in [5, 5.41) is 8.11. The average molecular weight is 405 g/mol. The summed E-state index contributed by atoms with van der Waals surface area (Å²) < 4.78 is 0. The molecule has 3 aliphatic heterocycles. The molecule has 1 amide bonds. The number of likely N-dealkylation sites (tertiary alicyclic amines) is 1. The molecule has 2 N–H and O–H groups in total. The number of benzene rings is 2. The number of hydrazone groups is 1. The summed E-state index contributed by atoms with van der Waals surface area (Å²) in [7, 11) is 0. The van der Waals surface area contributed by atoms with Crippen LogP contribution in [0.3, 0.4) is 0 Å². The molecule has 6 nitrogen and oxygen atoms in total. The molecule has 5 rings (SSSR count). The maximum Gasteiger partial charge on any atom is 0.253 e. The van der Waals surface area contributed by atoms with Crippen molar-refractivity contribution in [3.8, 4) is 0 Å². The Kier molecular flexibility index (Phi) is 6.23. The van der Waals surface area contributed by atoms with Crippen LogP contribution in [0.1, 0.15) is 39.9 Å². The Morgan fingerprint density at radius 3 is 2.87 bits per heavy atom. The predicted octanol–water partition coefficient (Wildman–Crippen LogP) is 2.38. The smallest absolute Gasteiger partial charge is 0.253 e. The quantitative estimate of drug-likeness (QED) is 0.824. The second kappa shape index (κ2) is 9.22. The molecule has 0 aliphatic carbocycles. The first-order valence-electron chi connectivity index (χ1n) is 10.6. The maximum atomic E-state index is 13.1. The van der Waals surface area contributed by atoms with Crippen LogP contribution in [0.4, 0.5) is 0 Å². The van der Waals surface area contributed by atoms with Gasteiger partial charge >= 0.3 is 0 Å². The number of nitrogens with zero attached hydrogens (tertiary/aromatic N) is 2. The van der Waals surface area contributed by atoms with Gasteiger partial charge in [0.05, 0.1) is 12.3 Å². The minimum Gasteiger partial charge on any atom is -0.337 e. The molecule has 6 heteroatoms. The van der Waals surface area contributed by atoms with Gasteiger partial charge in [-0.3, -0.25) is 4.79 Å². The molecule has 3 heterocycles. The first kappa shape index (κ1) is 20.3. The van der Waals surface area contributed by atoms with Crippen LogP contribution in [-0.2, 0) is 17.8 Å². The summed E-state index contributed by atoms with van der Waals surface area (Å²) in [6.07, 6.45) is 3.17. The van der Waals surface area contributed by atoms with Gasteiger partial charge in [-0.15, -0.1) is 0 Å². The third-order valence-corrected chi connectivity index (χ3v) is 6.24. The highest BCUT2D eigenvalue weighted by Crippen LogP contribution is 2.26. The normalized spacial score (nSPS) is 22.0. The fraction of sp³-hybridized carbons (Fsp3) is 0.375. The lowest BCUT2D eigenvalue weighted by molar-refractivity contribution is -0.0980. The number of rotatable bonds is 3. The first-order chi connectivity index (χ1) is 14.8. The summed E-state index contributed by atoms with van der Waals surface area (Å²) >= 11 is 0. The van der Waals surface area contributed by atoms with Crippen LogP contribution in [0.15, 0.2) is 53.6 Å². The topological polar surface area (TPSA) is 73.8 Å². The Bertz CT molecular complexity index is 928. The van der Waals surface area contributed by atoms with Gasteiger partial charge in [-0.05, 0) is 48.6 Å². The van der Waals surface area contributed by atoms with E-state index in [-0.39, 0.29) is 5.91 Å². The molecule has 0 aromatic heterocycles. The molecule has 3 aliphatic rings. The van der Waals surface area contributed by atoms with Crippen molar-refractivity contribution in [2.75, 3.05) is 19.6 Å². The van der Waals surface area contributed by atoms with E-state index in [0.29, 0.717) is 12.0 Å². The monoisotopic (exact) mass is 404 g/mol. The number of carbonyl (C=O) groups is 2. The molecule has 0 saturated carbocycles. The van der Waals surface area contributed by atoms with Crippen molar-refractivity contribution in [3.05, 3.63) is 70.8 Å². The summed E-state index contributed by atoms with van der Waals surface area (Å²) in [6, 6.07) is 16.9. The summed E-state index contributed by atoms with van der Waals surface area (Å²) in [6.45, 7) is 5.56. The van der Waals surface area contributed by atoms with E-state index in [1.165, 1.54) is 24.0 Å². The van der Waals surface area contributed by atoms with Crippen LogP contribution in [0.25, 0.3) is 0 Å². The van der Waals surface area contributed by atoms with Gasteiger partial charge in [0.15, 0.2) is 0 Å². The zero-order valence-electron chi connectivity index (χ0n) is 17.1. The van der Waals surface area contributed by atoms with Crippen molar-refractivity contribution in [2.24, 2.45) is 11.0 Å². The highest BCUT2D eigenvalue weighted by atomic mass is 16.2. The van der Waals surface area contributed by atoms with Crippen molar-refractivity contribution in [1.29, 1.82) is 0 Å². The van der Waals surface area contributed by atoms with Crippen LogP contribution >= 0.6 is 0 Å². The van der Waals surface area contributed by atoms with Gasteiger partial charge in [-0.2, -0.15) is 5.10 Å². The number of fused-ring (bicyclic) bond motifs is 2. The maximum absolute atomic E-state index is 13.1. The van der Waals surface area contributed by atoms with Crippen molar-refractivity contribution in [1.82, 2.24) is 15.6 Å². The molecule has 2 saturated heterocycles. The second-order valence-electron chi connectivity index (χ2n) is 8.10. The second-order valence-corrected chi connectivity index (χ2v) is 8.10. The Morgan fingerprint density at radius 2 is 2.00 bits per heavy atom. The Hall–Kier alpha value is -2.99. The van der Waals surface area contributed by atoms with Gasteiger partial charge in [0.2, 0.25) is 0 Å². The van der Waals surface area contributed by atoms with Gasteiger partial charge in [0.1, 0.15) is 6.79 Å². The number of hydrogen-bond acceptors (Lipinski definition) is 5. The molecule has 2 atom stereocenters. The van der Waals surface area contributed by atoms with E-state index in [9.17, 15) is 4.79 Å². The molecule has 2 unspecified atom stereocenters. The standard InChI is InChI=1S/C23H26N4O.CH2O/c28-23(27-14-19-8-4-10-24-22(19)15-27)17-7-3-5-16(11-17)12-21-20-9-2-1-6-18(20)13-25-26-21;1-2/h1-3,5-7,9,11,19,22,24-25H,4,8,10,12-15H2;1H2. The summed E-state index contributed by atoms with van der Waals surface area (Å²) in [5.74, 6) is 0.766. The first-order valence-corrected chi connectivity index (χ1v) is 10.6. The van der Waals surface area contributed by atoms with Crippen molar-refractivity contribution < 1.29 is 9.59 Å². The van der Waals surface area contributed by atoms with Crippen LogP contribution in [0.5, 0.6) is 0 Å². The van der Waals surface area contributed by atoms with E-state index in [4.69, 9.17) is 4.79 Å². The molecular weight excluding hydrogens is 376 g/mol. The molecule has 156 valence electrons. The number of amides is 1. The van der Waals surface area contributed by atoms with Crippen molar-refractivity contribution in [2.45, 2.75) is 31.8 Å². The zero-order chi connectivity index (χ0) is 20.9.